The standard InChI is InChI=1S/C39H48Cl3N5O6S2/c1-5-24-53-34-27-33(42)35(55(51,52)46-18-6-7-19-46)26-32(34)36-43-38(2,28-9-13-30(40)14-10-28)39(3,29-11-15-31(41)16-12-29)47(36)37(48)45-22-20-44(21-23-45)17-8-25-54(4,49)50/h9-16,26-27H,5-8,17-25H2,1-4H3/t38-,39+/m0/s1. The Bertz CT molecular complexity index is 2140. The third-order valence-corrected chi connectivity index (χ3v) is 14.9. The summed E-state index contributed by atoms with van der Waals surface area (Å²) in [6.07, 6.45) is 3.90. The molecular weight excluding hydrogens is 805 g/mol. The number of benzene rings is 3. The van der Waals surface area contributed by atoms with Crippen molar-refractivity contribution in [2.45, 2.75) is 62.4 Å². The Morgan fingerprint density at radius 3 is 1.98 bits per heavy atom. The van der Waals surface area contributed by atoms with E-state index in [1.807, 2.05) is 45.0 Å². The van der Waals surface area contributed by atoms with E-state index >= 15 is 4.79 Å². The Balaban J connectivity index is 1.53. The van der Waals surface area contributed by atoms with Gasteiger partial charge in [0, 0.05) is 61.6 Å². The first-order valence-electron chi connectivity index (χ1n) is 18.6. The molecule has 2 fully saturated rings. The maximum absolute atomic E-state index is 15.4. The highest BCUT2D eigenvalue weighted by Gasteiger charge is 2.60. The summed E-state index contributed by atoms with van der Waals surface area (Å²) < 4.78 is 59.5. The van der Waals surface area contributed by atoms with Gasteiger partial charge in [0.25, 0.3) is 0 Å². The number of halogens is 3. The van der Waals surface area contributed by atoms with Crippen LogP contribution in [0.2, 0.25) is 15.1 Å². The van der Waals surface area contributed by atoms with E-state index in [2.05, 4.69) is 4.90 Å². The van der Waals surface area contributed by atoms with Gasteiger partial charge in [-0.15, -0.1) is 0 Å². The van der Waals surface area contributed by atoms with Gasteiger partial charge in [-0.1, -0.05) is 66.0 Å². The molecule has 3 heterocycles. The number of nitrogens with zero attached hydrogens (tertiary/aromatic N) is 5. The first-order chi connectivity index (χ1) is 26.0. The zero-order valence-corrected chi connectivity index (χ0v) is 35.5. The molecule has 16 heteroatoms. The molecule has 298 valence electrons. The maximum atomic E-state index is 15.4. The van der Waals surface area contributed by atoms with Crippen molar-refractivity contribution in [3.05, 3.63) is 92.4 Å². The van der Waals surface area contributed by atoms with E-state index in [4.69, 9.17) is 44.5 Å². The normalized spacial score (nSPS) is 22.6. The summed E-state index contributed by atoms with van der Waals surface area (Å²) in [7, 11) is -7.09. The minimum absolute atomic E-state index is 0.0196. The Kier molecular flexibility index (Phi) is 12.5. The number of rotatable bonds is 12. The molecule has 0 radical (unpaired) electrons. The molecule has 0 N–H and O–H groups in total. The Morgan fingerprint density at radius 1 is 0.836 bits per heavy atom. The topological polar surface area (TPSA) is 120 Å². The molecule has 0 aliphatic carbocycles. The lowest BCUT2D eigenvalue weighted by Crippen LogP contribution is -2.60. The van der Waals surface area contributed by atoms with Crippen molar-refractivity contribution in [2.24, 2.45) is 4.99 Å². The number of carbonyl (C=O) groups excluding carboxylic acids is 1. The Labute approximate surface area is 340 Å². The zero-order chi connectivity index (χ0) is 39.8. The predicted octanol–water partition coefficient (Wildman–Crippen LogP) is 7.29. The van der Waals surface area contributed by atoms with Gasteiger partial charge in [-0.05, 0) is 87.5 Å². The quantitative estimate of drug-likeness (QED) is 0.188. The van der Waals surface area contributed by atoms with Crippen LogP contribution in [0, 0.1) is 0 Å². The lowest BCUT2D eigenvalue weighted by molar-refractivity contribution is 0.0868. The van der Waals surface area contributed by atoms with Crippen LogP contribution in [0.3, 0.4) is 0 Å². The highest BCUT2D eigenvalue weighted by molar-refractivity contribution is 7.90. The maximum Gasteiger partial charge on any atom is 0.326 e. The van der Waals surface area contributed by atoms with Crippen LogP contribution in [0.15, 0.2) is 70.6 Å². The van der Waals surface area contributed by atoms with E-state index in [0.29, 0.717) is 86.6 Å². The highest BCUT2D eigenvalue weighted by Crippen LogP contribution is 2.54. The average molecular weight is 853 g/mol. The van der Waals surface area contributed by atoms with E-state index in [9.17, 15) is 16.8 Å². The molecule has 0 aromatic heterocycles. The number of hydrogen-bond donors (Lipinski definition) is 0. The Hall–Kier alpha value is -2.91. The number of carbonyl (C=O) groups is 1. The molecule has 3 aliphatic rings. The molecule has 0 bridgehead atoms. The molecule has 0 unspecified atom stereocenters. The second-order valence-electron chi connectivity index (χ2n) is 14.8. The molecule has 11 nitrogen and oxygen atoms in total. The van der Waals surface area contributed by atoms with E-state index in [1.165, 1.54) is 22.7 Å². The number of piperazine rings is 1. The van der Waals surface area contributed by atoms with E-state index in [1.54, 1.807) is 34.1 Å². The SMILES string of the molecule is CCCOc1cc(Cl)c(S(=O)(=O)N2CCCC2)cc1C1=N[C@@](C)(c2ccc(Cl)cc2)[C@@](C)(c2ccc(Cl)cc2)N1C(=O)N1CCN(CCCS(C)(=O)=O)CC1. The first kappa shape index (κ1) is 41.7. The van der Waals surface area contributed by atoms with Crippen LogP contribution in [0.1, 0.15) is 63.1 Å². The number of amides is 2. The van der Waals surface area contributed by atoms with Gasteiger partial charge in [0.15, 0.2) is 0 Å². The van der Waals surface area contributed by atoms with Crippen LogP contribution in [0.4, 0.5) is 4.79 Å². The molecular formula is C39H48Cl3N5O6S2. The molecule has 2 saturated heterocycles. The second kappa shape index (κ2) is 16.5. The van der Waals surface area contributed by atoms with Gasteiger partial charge in [0.2, 0.25) is 10.0 Å². The van der Waals surface area contributed by atoms with E-state index < -0.39 is 30.9 Å². The molecule has 2 atom stereocenters. The second-order valence-corrected chi connectivity index (χ2v) is 20.2. The monoisotopic (exact) mass is 851 g/mol. The fourth-order valence-electron chi connectivity index (χ4n) is 7.73. The molecule has 55 heavy (non-hydrogen) atoms. The summed E-state index contributed by atoms with van der Waals surface area (Å²) in [4.78, 5) is 26.4. The summed E-state index contributed by atoms with van der Waals surface area (Å²) >= 11 is 19.6. The largest absolute Gasteiger partial charge is 0.493 e. The minimum Gasteiger partial charge on any atom is -0.493 e. The van der Waals surface area contributed by atoms with Gasteiger partial charge in [0.05, 0.1) is 22.9 Å². The smallest absolute Gasteiger partial charge is 0.326 e. The number of ether oxygens (including phenoxy) is 1. The summed E-state index contributed by atoms with van der Waals surface area (Å²) in [6.45, 7) is 9.42. The molecule has 3 aliphatic heterocycles. The Morgan fingerprint density at radius 2 is 1.42 bits per heavy atom. The number of sulfonamides is 1. The predicted molar refractivity (Wildman–Crippen MR) is 219 cm³/mol. The van der Waals surface area contributed by atoms with Crippen molar-refractivity contribution < 1.29 is 26.4 Å². The summed E-state index contributed by atoms with van der Waals surface area (Å²) in [5.41, 5.74) is -0.524. The lowest BCUT2D eigenvalue weighted by atomic mass is 9.71. The van der Waals surface area contributed by atoms with Gasteiger partial charge in [0.1, 0.15) is 37.4 Å². The number of amidine groups is 1. The summed E-state index contributed by atoms with van der Waals surface area (Å²) in [5, 5.41) is 1.08. The van der Waals surface area contributed by atoms with E-state index in [-0.39, 0.29) is 27.5 Å². The van der Waals surface area contributed by atoms with Crippen LogP contribution < -0.4 is 4.74 Å². The van der Waals surface area contributed by atoms with Crippen LogP contribution in [-0.4, -0.2) is 112 Å². The highest BCUT2D eigenvalue weighted by atomic mass is 35.5. The average Bonchev–Trinajstić information content (AvgIpc) is 3.77. The number of sulfone groups is 1. The van der Waals surface area contributed by atoms with E-state index in [0.717, 1.165) is 24.0 Å². The molecule has 3 aromatic rings. The molecule has 0 spiro atoms. The third kappa shape index (κ3) is 8.40. The van der Waals surface area contributed by atoms with Gasteiger partial charge in [-0.3, -0.25) is 14.8 Å². The summed E-state index contributed by atoms with van der Waals surface area (Å²) in [5.74, 6) is 0.635. The number of aliphatic imine (C=N–C) groups is 1. The van der Waals surface area contributed by atoms with Crippen LogP contribution in [-0.2, 0) is 30.9 Å². The fraction of sp³-hybridized carbons (Fsp3) is 0.487. The van der Waals surface area contributed by atoms with Crippen LogP contribution >= 0.6 is 34.8 Å². The fourth-order valence-corrected chi connectivity index (χ4v) is 10.7. The van der Waals surface area contributed by atoms with Crippen molar-refractivity contribution in [1.82, 2.24) is 19.0 Å². The zero-order valence-electron chi connectivity index (χ0n) is 31.6. The molecule has 0 saturated carbocycles. The van der Waals surface area contributed by atoms with Crippen molar-refractivity contribution in [2.75, 3.05) is 64.4 Å². The first-order valence-corrected chi connectivity index (χ1v) is 23.2. The molecule has 6 rings (SSSR count). The van der Waals surface area contributed by atoms with Crippen LogP contribution in [0.25, 0.3) is 0 Å². The third-order valence-electron chi connectivity index (χ3n) is 11.0. The molecule has 3 aromatic carbocycles. The van der Waals surface area contributed by atoms with Gasteiger partial charge in [-0.2, -0.15) is 4.31 Å². The number of hydrogen-bond acceptors (Lipinski definition) is 8. The van der Waals surface area contributed by atoms with Gasteiger partial charge < -0.3 is 9.64 Å². The van der Waals surface area contributed by atoms with Crippen molar-refractivity contribution in [3.63, 3.8) is 0 Å². The lowest BCUT2D eigenvalue weighted by Gasteiger charge is -2.47. The van der Waals surface area contributed by atoms with Crippen LogP contribution in [0.5, 0.6) is 5.75 Å². The minimum atomic E-state index is -4.01. The number of urea groups is 1. The van der Waals surface area contributed by atoms with Crippen molar-refractivity contribution >= 4 is 66.5 Å². The van der Waals surface area contributed by atoms with Crippen molar-refractivity contribution in [3.8, 4) is 5.75 Å². The molecule has 2 amide bonds. The van der Waals surface area contributed by atoms with Gasteiger partial charge >= 0.3 is 6.03 Å². The summed E-state index contributed by atoms with van der Waals surface area (Å²) in [6, 6.07) is 17.4. The van der Waals surface area contributed by atoms with Crippen molar-refractivity contribution in [1.29, 1.82) is 0 Å². The van der Waals surface area contributed by atoms with Gasteiger partial charge in [-0.25, -0.2) is 21.6 Å².